The Hall–Kier alpha value is -2.73. The zero-order valence-electron chi connectivity index (χ0n) is 18.0. The van der Waals surface area contributed by atoms with Gasteiger partial charge in [-0.2, -0.15) is 0 Å². The molecule has 164 valence electrons. The van der Waals surface area contributed by atoms with E-state index < -0.39 is 0 Å². The van der Waals surface area contributed by atoms with Gasteiger partial charge in [0, 0.05) is 23.3 Å². The largest absolute Gasteiger partial charge is 0.466 e. The van der Waals surface area contributed by atoms with Crippen LogP contribution in [-0.2, 0) is 22.5 Å². The molecule has 0 radical (unpaired) electrons. The maximum atomic E-state index is 13.7. The number of fused-ring (bicyclic) bond motifs is 2. The zero-order valence-corrected chi connectivity index (χ0v) is 18.7. The van der Waals surface area contributed by atoms with E-state index in [0.717, 1.165) is 48.1 Å². The molecule has 31 heavy (non-hydrogen) atoms. The van der Waals surface area contributed by atoms with E-state index >= 15 is 0 Å². The number of imidazole rings is 1. The Morgan fingerprint density at radius 2 is 2.00 bits per heavy atom. The van der Waals surface area contributed by atoms with Crippen LogP contribution >= 0.6 is 11.6 Å². The minimum atomic E-state index is -0.275. The molecule has 2 aromatic carbocycles. The fourth-order valence-corrected chi connectivity index (χ4v) is 4.83. The van der Waals surface area contributed by atoms with E-state index in [0.29, 0.717) is 18.2 Å². The maximum Gasteiger partial charge on any atom is 0.329 e. The lowest BCUT2D eigenvalue weighted by molar-refractivity contribution is -0.144. The van der Waals surface area contributed by atoms with Gasteiger partial charge < -0.3 is 10.1 Å². The number of hydrogen-bond acceptors (Lipinski definition) is 4. The first-order chi connectivity index (χ1) is 15.0. The van der Waals surface area contributed by atoms with Crippen molar-refractivity contribution in [2.45, 2.75) is 52.1 Å². The Bertz CT molecular complexity index is 1160. The Kier molecular flexibility index (Phi) is 6.37. The lowest BCUT2D eigenvalue weighted by atomic mass is 10.0. The van der Waals surface area contributed by atoms with Crippen molar-refractivity contribution in [2.24, 2.45) is 0 Å². The SMILES string of the molecule is CCCC(CC(=O)OCC)n1c(=O)n(Cc2cc(Cl)cc3c2CCN3)c2ccccc21. The fourth-order valence-electron chi connectivity index (χ4n) is 4.59. The van der Waals surface area contributed by atoms with Gasteiger partial charge in [0.1, 0.15) is 0 Å². The number of benzene rings is 2. The molecule has 0 amide bonds. The standard InChI is InChI=1S/C24H28ClN3O3/c1-3-7-18(14-23(29)31-4-2)28-22-9-6-5-8-21(22)27(24(28)30)15-16-12-17(25)13-20-19(16)10-11-26-20/h5-6,8-9,12-13,18,26H,3-4,7,10-11,14-15H2,1-2H3. The molecule has 0 saturated heterocycles. The van der Waals surface area contributed by atoms with Crippen LogP contribution in [0.15, 0.2) is 41.2 Å². The van der Waals surface area contributed by atoms with Crippen LogP contribution in [0, 0.1) is 0 Å². The first-order valence-corrected chi connectivity index (χ1v) is 11.3. The Labute approximate surface area is 186 Å². The van der Waals surface area contributed by atoms with Crippen molar-refractivity contribution in [1.82, 2.24) is 9.13 Å². The number of nitrogens with zero attached hydrogens (tertiary/aromatic N) is 2. The number of carbonyl (C=O) groups excluding carboxylic acids is 1. The highest BCUT2D eigenvalue weighted by Crippen LogP contribution is 2.31. The lowest BCUT2D eigenvalue weighted by Gasteiger charge is -2.17. The summed E-state index contributed by atoms with van der Waals surface area (Å²) in [6, 6.07) is 11.4. The number of aromatic nitrogens is 2. The number of para-hydroxylation sites is 2. The van der Waals surface area contributed by atoms with Crippen LogP contribution in [0.1, 0.15) is 50.3 Å². The second kappa shape index (κ2) is 9.18. The van der Waals surface area contributed by atoms with Crippen molar-refractivity contribution in [3.8, 4) is 0 Å². The van der Waals surface area contributed by atoms with Gasteiger partial charge in [0.25, 0.3) is 0 Å². The van der Waals surface area contributed by atoms with E-state index in [9.17, 15) is 9.59 Å². The number of rotatable bonds is 8. The van der Waals surface area contributed by atoms with Gasteiger partial charge in [0.05, 0.1) is 30.6 Å². The van der Waals surface area contributed by atoms with Crippen molar-refractivity contribution < 1.29 is 9.53 Å². The Balaban J connectivity index is 1.81. The second-order valence-corrected chi connectivity index (χ2v) is 8.38. The maximum absolute atomic E-state index is 13.7. The van der Waals surface area contributed by atoms with Crippen LogP contribution < -0.4 is 11.0 Å². The average molecular weight is 442 g/mol. The van der Waals surface area contributed by atoms with Crippen LogP contribution in [0.5, 0.6) is 0 Å². The number of anilines is 1. The van der Waals surface area contributed by atoms with E-state index in [4.69, 9.17) is 16.3 Å². The molecule has 1 unspecified atom stereocenters. The highest BCUT2D eigenvalue weighted by atomic mass is 35.5. The quantitative estimate of drug-likeness (QED) is 0.511. The van der Waals surface area contributed by atoms with E-state index in [1.165, 1.54) is 5.56 Å². The molecule has 0 aliphatic carbocycles. The molecule has 0 fully saturated rings. The lowest BCUT2D eigenvalue weighted by Crippen LogP contribution is -2.29. The molecule has 1 aliphatic heterocycles. The summed E-state index contributed by atoms with van der Waals surface area (Å²) >= 11 is 6.35. The summed E-state index contributed by atoms with van der Waals surface area (Å²) < 4.78 is 8.75. The molecule has 1 aromatic heterocycles. The molecule has 0 bridgehead atoms. The van der Waals surface area contributed by atoms with Crippen molar-refractivity contribution in [3.05, 3.63) is 63.0 Å². The predicted octanol–water partition coefficient (Wildman–Crippen LogP) is 4.77. The third-order valence-electron chi connectivity index (χ3n) is 5.89. The molecule has 3 aromatic rings. The number of hydrogen-bond donors (Lipinski definition) is 1. The van der Waals surface area contributed by atoms with E-state index in [1.807, 2.05) is 36.4 Å². The molecule has 1 N–H and O–H groups in total. The summed E-state index contributed by atoms with van der Waals surface area (Å²) in [5.41, 5.74) is 4.90. The van der Waals surface area contributed by atoms with Crippen molar-refractivity contribution in [1.29, 1.82) is 0 Å². The first-order valence-electron chi connectivity index (χ1n) is 10.9. The Morgan fingerprint density at radius 1 is 1.23 bits per heavy atom. The van der Waals surface area contributed by atoms with Crippen molar-refractivity contribution >= 4 is 34.3 Å². The third kappa shape index (κ3) is 4.22. The van der Waals surface area contributed by atoms with Gasteiger partial charge in [-0.15, -0.1) is 0 Å². The molecule has 6 nitrogen and oxygen atoms in total. The number of ether oxygens (including phenoxy) is 1. The minimum Gasteiger partial charge on any atom is -0.466 e. The molecule has 2 heterocycles. The van der Waals surface area contributed by atoms with Crippen LogP contribution in [0.3, 0.4) is 0 Å². The summed E-state index contributed by atoms with van der Waals surface area (Å²) in [6.45, 7) is 5.50. The summed E-state index contributed by atoms with van der Waals surface area (Å²) in [5, 5.41) is 4.02. The molecule has 0 saturated carbocycles. The zero-order chi connectivity index (χ0) is 22.0. The van der Waals surface area contributed by atoms with Gasteiger partial charge in [-0.1, -0.05) is 37.1 Å². The molecule has 4 rings (SSSR count). The van der Waals surface area contributed by atoms with Gasteiger partial charge in [0.2, 0.25) is 0 Å². The van der Waals surface area contributed by atoms with Gasteiger partial charge >= 0.3 is 11.7 Å². The van der Waals surface area contributed by atoms with Crippen molar-refractivity contribution in [2.75, 3.05) is 18.5 Å². The Morgan fingerprint density at radius 3 is 2.74 bits per heavy atom. The smallest absolute Gasteiger partial charge is 0.329 e. The van der Waals surface area contributed by atoms with Gasteiger partial charge in [-0.05, 0) is 55.2 Å². The summed E-state index contributed by atoms with van der Waals surface area (Å²) in [6.07, 6.45) is 2.69. The number of nitrogens with one attached hydrogen (secondary N) is 1. The highest BCUT2D eigenvalue weighted by molar-refractivity contribution is 6.31. The average Bonchev–Trinajstić information content (AvgIpc) is 3.31. The van der Waals surface area contributed by atoms with Crippen molar-refractivity contribution in [3.63, 3.8) is 0 Å². The van der Waals surface area contributed by atoms with Crippen LogP contribution in [0.4, 0.5) is 5.69 Å². The van der Waals surface area contributed by atoms with Gasteiger partial charge in [-0.3, -0.25) is 13.9 Å². The fraction of sp³-hybridized carbons (Fsp3) is 0.417. The highest BCUT2D eigenvalue weighted by Gasteiger charge is 2.24. The first kappa shape index (κ1) is 21.5. The molecule has 0 spiro atoms. The predicted molar refractivity (Wildman–Crippen MR) is 124 cm³/mol. The van der Waals surface area contributed by atoms with E-state index in [1.54, 1.807) is 16.1 Å². The summed E-state index contributed by atoms with van der Waals surface area (Å²) in [7, 11) is 0. The van der Waals surface area contributed by atoms with Crippen LogP contribution in [-0.4, -0.2) is 28.3 Å². The number of halogens is 1. The van der Waals surface area contributed by atoms with E-state index in [-0.39, 0.29) is 24.1 Å². The van der Waals surface area contributed by atoms with Crippen LogP contribution in [0.25, 0.3) is 11.0 Å². The summed E-state index contributed by atoms with van der Waals surface area (Å²) in [4.78, 5) is 25.9. The van der Waals surface area contributed by atoms with Gasteiger partial charge in [-0.25, -0.2) is 4.79 Å². The topological polar surface area (TPSA) is 65.3 Å². The summed E-state index contributed by atoms with van der Waals surface area (Å²) in [5.74, 6) is -0.275. The molecule has 1 atom stereocenters. The normalized spacial score (nSPS) is 13.8. The molecular weight excluding hydrogens is 414 g/mol. The van der Waals surface area contributed by atoms with Crippen LogP contribution in [0.2, 0.25) is 5.02 Å². The second-order valence-electron chi connectivity index (χ2n) is 7.95. The number of esters is 1. The third-order valence-corrected chi connectivity index (χ3v) is 6.11. The molecule has 7 heteroatoms. The number of carbonyl (C=O) groups is 1. The molecule has 1 aliphatic rings. The van der Waals surface area contributed by atoms with Gasteiger partial charge in [0.15, 0.2) is 0 Å². The van der Waals surface area contributed by atoms with E-state index in [2.05, 4.69) is 12.2 Å². The minimum absolute atomic E-state index is 0.108. The monoisotopic (exact) mass is 441 g/mol. The molecular formula is C24H28ClN3O3.